The zero-order valence-electron chi connectivity index (χ0n) is 7.06. The highest BCUT2D eigenvalue weighted by atomic mass is 32.1. The van der Waals surface area contributed by atoms with Crippen molar-refractivity contribution < 1.29 is 0 Å². The summed E-state index contributed by atoms with van der Waals surface area (Å²) in [6.07, 6.45) is 0.985. The van der Waals surface area contributed by atoms with E-state index in [0.29, 0.717) is 0 Å². The molecule has 0 amide bonds. The third-order valence-corrected chi connectivity index (χ3v) is 2.13. The van der Waals surface area contributed by atoms with Crippen molar-refractivity contribution in [1.29, 1.82) is 0 Å². The average Bonchev–Trinajstić information content (AvgIpc) is 1.96. The Morgan fingerprint density at radius 2 is 2.09 bits per heavy atom. The molecule has 0 aromatic carbocycles. The monoisotopic (exact) mass is 168 g/mol. The van der Waals surface area contributed by atoms with Gasteiger partial charge >= 0.3 is 0 Å². The van der Waals surface area contributed by atoms with Crippen LogP contribution >= 0.6 is 12.2 Å². The minimum atomic E-state index is 0.720. The van der Waals surface area contributed by atoms with Crippen LogP contribution in [0.5, 0.6) is 0 Å². The second kappa shape index (κ2) is 3.13. The van der Waals surface area contributed by atoms with E-state index in [4.69, 9.17) is 12.2 Å². The van der Waals surface area contributed by atoms with E-state index >= 15 is 0 Å². The predicted octanol–water partition coefficient (Wildman–Crippen LogP) is 2.32. The Kier molecular flexibility index (Phi) is 2.39. The molecule has 1 heterocycles. The van der Waals surface area contributed by atoms with E-state index in [2.05, 4.69) is 16.9 Å². The third kappa shape index (κ3) is 1.66. The van der Waals surface area contributed by atoms with Crippen LogP contribution in [0.15, 0.2) is 0 Å². The molecule has 60 valence electrons. The smallest absolute Gasteiger partial charge is 0.132 e. The molecule has 1 aromatic heterocycles. The Morgan fingerprint density at radius 3 is 2.64 bits per heavy atom. The van der Waals surface area contributed by atoms with Gasteiger partial charge in [0, 0.05) is 11.3 Å². The molecule has 0 bridgehead atoms. The lowest BCUT2D eigenvalue weighted by Gasteiger charge is -2.03. The van der Waals surface area contributed by atoms with Crippen LogP contribution < -0.4 is 0 Å². The first-order valence-electron chi connectivity index (χ1n) is 3.71. The molecule has 1 rings (SSSR count). The molecule has 0 radical (unpaired) electrons. The van der Waals surface area contributed by atoms with E-state index in [1.807, 2.05) is 13.8 Å². The number of rotatable bonds is 1. The topological polar surface area (TPSA) is 28.7 Å². The summed E-state index contributed by atoms with van der Waals surface area (Å²) < 4.78 is 0.720. The molecule has 0 saturated heterocycles. The Labute approximate surface area is 71.7 Å². The molecule has 2 nitrogen and oxygen atoms in total. The van der Waals surface area contributed by atoms with Gasteiger partial charge in [0.2, 0.25) is 0 Å². The lowest BCUT2D eigenvalue weighted by molar-refractivity contribution is 0.918. The maximum atomic E-state index is 5.06. The molecule has 3 heteroatoms. The Balaban J connectivity index is 3.36. The van der Waals surface area contributed by atoms with Crippen LogP contribution in [-0.4, -0.2) is 9.97 Å². The highest BCUT2D eigenvalue weighted by molar-refractivity contribution is 7.71. The number of hydrogen-bond donors (Lipinski definition) is 1. The van der Waals surface area contributed by atoms with Crippen molar-refractivity contribution in [3.63, 3.8) is 0 Å². The quantitative estimate of drug-likeness (QED) is 0.652. The predicted molar refractivity (Wildman–Crippen MR) is 48.3 cm³/mol. The lowest BCUT2D eigenvalue weighted by atomic mass is 10.2. The summed E-state index contributed by atoms with van der Waals surface area (Å²) in [6.45, 7) is 6.03. The third-order valence-electron chi connectivity index (χ3n) is 1.73. The molecule has 11 heavy (non-hydrogen) atoms. The lowest BCUT2D eigenvalue weighted by Crippen LogP contribution is -1.98. The Bertz CT molecular complexity index is 314. The number of nitrogens with one attached hydrogen (secondary N) is 1. The molecule has 0 aliphatic rings. The first-order valence-corrected chi connectivity index (χ1v) is 4.12. The van der Waals surface area contributed by atoms with Gasteiger partial charge in [-0.05, 0) is 20.3 Å². The van der Waals surface area contributed by atoms with Gasteiger partial charge in [-0.15, -0.1) is 0 Å². The minimum Gasteiger partial charge on any atom is -0.347 e. The summed E-state index contributed by atoms with van der Waals surface area (Å²) in [4.78, 5) is 7.33. The van der Waals surface area contributed by atoms with E-state index in [-0.39, 0.29) is 0 Å². The van der Waals surface area contributed by atoms with Crippen LogP contribution in [0.1, 0.15) is 24.0 Å². The molecule has 0 aliphatic heterocycles. The summed E-state index contributed by atoms with van der Waals surface area (Å²) >= 11 is 5.06. The molecule has 0 spiro atoms. The molecule has 0 atom stereocenters. The molecule has 0 aliphatic carbocycles. The first-order chi connectivity index (χ1) is 5.15. The number of H-pyrrole nitrogens is 1. The van der Waals surface area contributed by atoms with Gasteiger partial charge in [0.1, 0.15) is 10.5 Å². The van der Waals surface area contributed by atoms with Crippen molar-refractivity contribution in [3.8, 4) is 0 Å². The van der Waals surface area contributed by atoms with Crippen LogP contribution in [0, 0.1) is 18.5 Å². The normalized spacial score (nSPS) is 10.1. The van der Waals surface area contributed by atoms with Crippen molar-refractivity contribution in [2.75, 3.05) is 0 Å². The number of aryl methyl sites for hydroxylation is 2. The molecular weight excluding hydrogens is 156 g/mol. The van der Waals surface area contributed by atoms with Gasteiger partial charge in [0.05, 0.1) is 0 Å². The van der Waals surface area contributed by atoms with Gasteiger partial charge in [-0.2, -0.15) is 0 Å². The molecule has 0 unspecified atom stereocenters. The van der Waals surface area contributed by atoms with Crippen LogP contribution in [-0.2, 0) is 6.42 Å². The van der Waals surface area contributed by atoms with Gasteiger partial charge in [-0.1, -0.05) is 19.1 Å². The van der Waals surface area contributed by atoms with Crippen molar-refractivity contribution in [2.45, 2.75) is 27.2 Å². The van der Waals surface area contributed by atoms with Gasteiger partial charge in [-0.3, -0.25) is 0 Å². The number of aromatic nitrogens is 2. The van der Waals surface area contributed by atoms with Gasteiger partial charge in [0.15, 0.2) is 0 Å². The van der Waals surface area contributed by atoms with E-state index in [9.17, 15) is 0 Å². The first kappa shape index (κ1) is 8.40. The fourth-order valence-electron chi connectivity index (χ4n) is 1.06. The Morgan fingerprint density at radius 1 is 1.45 bits per heavy atom. The van der Waals surface area contributed by atoms with E-state index in [1.165, 1.54) is 5.69 Å². The summed E-state index contributed by atoms with van der Waals surface area (Å²) in [5, 5.41) is 0. The SMILES string of the molecule is CCc1[nH]c(C)nc(=S)c1C. The molecule has 0 fully saturated rings. The molecule has 1 N–H and O–H groups in total. The van der Waals surface area contributed by atoms with Gasteiger partial charge < -0.3 is 4.98 Å². The maximum absolute atomic E-state index is 5.06. The average molecular weight is 168 g/mol. The van der Waals surface area contributed by atoms with Gasteiger partial charge in [-0.25, -0.2) is 4.98 Å². The van der Waals surface area contributed by atoms with E-state index < -0.39 is 0 Å². The van der Waals surface area contributed by atoms with E-state index in [0.717, 1.165) is 22.4 Å². The summed E-state index contributed by atoms with van der Waals surface area (Å²) in [5.74, 6) is 0.900. The van der Waals surface area contributed by atoms with Crippen LogP contribution in [0.25, 0.3) is 0 Å². The van der Waals surface area contributed by atoms with Crippen molar-refractivity contribution in [1.82, 2.24) is 9.97 Å². The van der Waals surface area contributed by atoms with Crippen molar-refractivity contribution in [2.24, 2.45) is 0 Å². The van der Waals surface area contributed by atoms with Crippen molar-refractivity contribution >= 4 is 12.2 Å². The maximum Gasteiger partial charge on any atom is 0.132 e. The number of nitrogens with zero attached hydrogens (tertiary/aromatic N) is 1. The van der Waals surface area contributed by atoms with Crippen LogP contribution in [0.2, 0.25) is 0 Å². The second-order valence-electron chi connectivity index (χ2n) is 2.58. The minimum absolute atomic E-state index is 0.720. The summed E-state index contributed by atoms with van der Waals surface area (Å²) in [5.41, 5.74) is 2.30. The highest BCUT2D eigenvalue weighted by Gasteiger charge is 1.98. The largest absolute Gasteiger partial charge is 0.347 e. The Hall–Kier alpha value is -0.700. The fourth-order valence-corrected chi connectivity index (χ4v) is 1.32. The van der Waals surface area contributed by atoms with Crippen LogP contribution in [0.4, 0.5) is 0 Å². The summed E-state index contributed by atoms with van der Waals surface area (Å²) in [6, 6.07) is 0. The van der Waals surface area contributed by atoms with Gasteiger partial charge in [0.25, 0.3) is 0 Å². The highest BCUT2D eigenvalue weighted by Crippen LogP contribution is 2.05. The number of aromatic amines is 1. The zero-order chi connectivity index (χ0) is 8.43. The molecule has 1 aromatic rings. The summed E-state index contributed by atoms with van der Waals surface area (Å²) in [7, 11) is 0. The van der Waals surface area contributed by atoms with Crippen LogP contribution in [0.3, 0.4) is 0 Å². The van der Waals surface area contributed by atoms with E-state index in [1.54, 1.807) is 0 Å². The molecule has 0 saturated carbocycles. The van der Waals surface area contributed by atoms with Crippen molar-refractivity contribution in [3.05, 3.63) is 21.7 Å². The molecular formula is C8H12N2S. The standard InChI is InChI=1S/C8H12N2S/c1-4-7-5(2)8(11)10-6(3)9-7/h4H2,1-3H3,(H,9,10,11). The fraction of sp³-hybridized carbons (Fsp3) is 0.500. The zero-order valence-corrected chi connectivity index (χ0v) is 7.88. The number of hydrogen-bond acceptors (Lipinski definition) is 2. The second-order valence-corrected chi connectivity index (χ2v) is 2.97.